The van der Waals surface area contributed by atoms with E-state index in [0.29, 0.717) is 11.7 Å². The second kappa shape index (κ2) is 9.88. The van der Waals surface area contributed by atoms with Gasteiger partial charge in [-0.15, -0.1) is 23.5 Å². The number of likely N-dealkylation sites (tertiary alicyclic amines) is 1. The topological polar surface area (TPSA) is 33.2 Å². The number of thioether (sulfide) groups is 2. The number of pyridine rings is 1. The molecule has 2 aromatic rings. The van der Waals surface area contributed by atoms with Gasteiger partial charge in [-0.2, -0.15) is 0 Å². The molecule has 132 valence electrons. The lowest BCUT2D eigenvalue weighted by Crippen LogP contribution is -2.39. The molecule has 0 radical (unpaired) electrons. The predicted molar refractivity (Wildman–Crippen MR) is 107 cm³/mol. The molecule has 25 heavy (non-hydrogen) atoms. The summed E-state index contributed by atoms with van der Waals surface area (Å²) < 4.78 is 0. The first-order valence-corrected chi connectivity index (χ1v) is 10.9. The fourth-order valence-corrected chi connectivity index (χ4v) is 4.84. The molecule has 0 bridgehead atoms. The van der Waals surface area contributed by atoms with E-state index in [9.17, 15) is 4.79 Å². The zero-order valence-corrected chi connectivity index (χ0v) is 16.0. The SMILES string of the molecule is O=C(CSCc1ccccc1)N1CCC(CSc2ccccn2)CC1. The van der Waals surface area contributed by atoms with Gasteiger partial charge in [-0.25, -0.2) is 4.98 Å². The van der Waals surface area contributed by atoms with Crippen LogP contribution in [0.4, 0.5) is 0 Å². The van der Waals surface area contributed by atoms with Crippen LogP contribution in [-0.2, 0) is 10.5 Å². The van der Waals surface area contributed by atoms with Gasteiger partial charge in [0.15, 0.2) is 0 Å². The molecule has 0 N–H and O–H groups in total. The molecule has 2 heterocycles. The van der Waals surface area contributed by atoms with Crippen LogP contribution in [0.3, 0.4) is 0 Å². The Hall–Kier alpha value is -1.46. The minimum Gasteiger partial charge on any atom is -0.342 e. The molecule has 1 aliphatic rings. The minimum atomic E-state index is 0.289. The Morgan fingerprint density at radius 2 is 1.84 bits per heavy atom. The van der Waals surface area contributed by atoms with Crippen LogP contribution < -0.4 is 0 Å². The summed E-state index contributed by atoms with van der Waals surface area (Å²) in [6.07, 6.45) is 4.06. The Kier molecular flexibility index (Phi) is 7.24. The average molecular weight is 373 g/mol. The average Bonchev–Trinajstić information content (AvgIpc) is 2.68. The number of rotatable bonds is 7. The maximum absolute atomic E-state index is 12.4. The lowest BCUT2D eigenvalue weighted by Gasteiger charge is -2.31. The molecule has 1 amide bonds. The molecule has 1 aromatic carbocycles. The normalized spacial score (nSPS) is 15.3. The number of aromatic nitrogens is 1. The zero-order valence-electron chi connectivity index (χ0n) is 14.3. The van der Waals surface area contributed by atoms with Crippen LogP contribution in [0.2, 0.25) is 0 Å². The van der Waals surface area contributed by atoms with Gasteiger partial charge >= 0.3 is 0 Å². The van der Waals surface area contributed by atoms with E-state index in [1.165, 1.54) is 5.56 Å². The van der Waals surface area contributed by atoms with Crippen molar-refractivity contribution in [3.63, 3.8) is 0 Å². The van der Waals surface area contributed by atoms with E-state index in [1.807, 2.05) is 53.2 Å². The standard InChI is InChI=1S/C20H24N2OS2/c23-20(16-24-14-17-6-2-1-3-7-17)22-12-9-18(10-13-22)15-25-19-8-4-5-11-21-19/h1-8,11,18H,9-10,12-16H2. The van der Waals surface area contributed by atoms with Crippen LogP contribution in [0.25, 0.3) is 0 Å². The Morgan fingerprint density at radius 3 is 2.56 bits per heavy atom. The summed E-state index contributed by atoms with van der Waals surface area (Å²) in [5.74, 6) is 3.57. The van der Waals surface area contributed by atoms with Gasteiger partial charge in [0.25, 0.3) is 0 Å². The monoisotopic (exact) mass is 372 g/mol. The van der Waals surface area contributed by atoms with Crippen molar-refractivity contribution in [1.82, 2.24) is 9.88 Å². The molecule has 0 atom stereocenters. The summed E-state index contributed by atoms with van der Waals surface area (Å²) in [4.78, 5) is 18.8. The van der Waals surface area contributed by atoms with Crippen molar-refractivity contribution in [1.29, 1.82) is 0 Å². The number of carbonyl (C=O) groups excluding carboxylic acids is 1. The lowest BCUT2D eigenvalue weighted by molar-refractivity contribution is -0.129. The second-order valence-corrected chi connectivity index (χ2v) is 8.31. The molecule has 3 rings (SSSR count). The summed E-state index contributed by atoms with van der Waals surface area (Å²) in [7, 11) is 0. The molecule has 3 nitrogen and oxygen atoms in total. The first kappa shape index (κ1) is 18.3. The van der Waals surface area contributed by atoms with Crippen LogP contribution in [0.15, 0.2) is 59.8 Å². The van der Waals surface area contributed by atoms with Crippen molar-refractivity contribution >= 4 is 29.4 Å². The van der Waals surface area contributed by atoms with Crippen LogP contribution in [0.5, 0.6) is 0 Å². The van der Waals surface area contributed by atoms with Gasteiger partial charge in [-0.1, -0.05) is 36.4 Å². The number of piperidine rings is 1. The molecule has 5 heteroatoms. The molecule has 0 unspecified atom stereocenters. The van der Waals surface area contributed by atoms with E-state index < -0.39 is 0 Å². The Balaban J connectivity index is 1.33. The third-order valence-corrected chi connectivity index (χ3v) is 6.57. The largest absolute Gasteiger partial charge is 0.342 e. The molecule has 1 fully saturated rings. The first-order chi connectivity index (χ1) is 12.3. The third-order valence-electron chi connectivity index (χ3n) is 4.41. The van der Waals surface area contributed by atoms with E-state index in [2.05, 4.69) is 23.2 Å². The summed E-state index contributed by atoms with van der Waals surface area (Å²) >= 11 is 3.54. The maximum atomic E-state index is 12.4. The molecular formula is C20H24N2OS2. The van der Waals surface area contributed by atoms with E-state index in [1.54, 1.807) is 11.8 Å². The van der Waals surface area contributed by atoms with Crippen LogP contribution in [0, 0.1) is 5.92 Å². The van der Waals surface area contributed by atoms with Crippen molar-refractivity contribution in [2.75, 3.05) is 24.6 Å². The number of benzene rings is 1. The third kappa shape index (κ3) is 6.08. The van der Waals surface area contributed by atoms with Gasteiger partial charge in [0, 0.05) is 30.8 Å². The summed E-state index contributed by atoms with van der Waals surface area (Å²) in [6.45, 7) is 1.80. The highest BCUT2D eigenvalue weighted by molar-refractivity contribution is 7.99. The second-order valence-electron chi connectivity index (χ2n) is 6.28. The van der Waals surface area contributed by atoms with E-state index in [-0.39, 0.29) is 5.91 Å². The number of nitrogens with zero attached hydrogens (tertiary/aromatic N) is 2. The number of hydrogen-bond donors (Lipinski definition) is 0. The first-order valence-electron chi connectivity index (χ1n) is 8.74. The van der Waals surface area contributed by atoms with Crippen molar-refractivity contribution in [3.05, 3.63) is 60.3 Å². The molecule has 1 aromatic heterocycles. The highest BCUT2D eigenvalue weighted by atomic mass is 32.2. The van der Waals surface area contributed by atoms with Crippen molar-refractivity contribution < 1.29 is 4.79 Å². The number of carbonyl (C=O) groups is 1. The Labute approximate surface area is 158 Å². The molecular weight excluding hydrogens is 348 g/mol. The predicted octanol–water partition coefficient (Wildman–Crippen LogP) is 4.35. The minimum absolute atomic E-state index is 0.289. The zero-order chi connectivity index (χ0) is 17.3. The van der Waals surface area contributed by atoms with Gasteiger partial charge in [-0.3, -0.25) is 4.79 Å². The summed E-state index contributed by atoms with van der Waals surface area (Å²) in [6, 6.07) is 16.4. The van der Waals surface area contributed by atoms with E-state index in [0.717, 1.165) is 42.5 Å². The van der Waals surface area contributed by atoms with Gasteiger partial charge < -0.3 is 4.90 Å². The fourth-order valence-electron chi connectivity index (χ4n) is 2.91. The molecule has 0 aliphatic carbocycles. The van der Waals surface area contributed by atoms with Crippen LogP contribution in [0.1, 0.15) is 18.4 Å². The Morgan fingerprint density at radius 1 is 1.08 bits per heavy atom. The Bertz CT molecular complexity index is 643. The van der Waals surface area contributed by atoms with E-state index >= 15 is 0 Å². The summed E-state index contributed by atoms with van der Waals surface area (Å²) in [5, 5.41) is 1.10. The van der Waals surface area contributed by atoms with Gasteiger partial charge in [0.1, 0.15) is 0 Å². The number of amides is 1. The number of hydrogen-bond acceptors (Lipinski definition) is 4. The maximum Gasteiger partial charge on any atom is 0.232 e. The van der Waals surface area contributed by atoms with Gasteiger partial charge in [0.05, 0.1) is 10.8 Å². The van der Waals surface area contributed by atoms with Crippen molar-refractivity contribution in [3.8, 4) is 0 Å². The smallest absolute Gasteiger partial charge is 0.232 e. The summed E-state index contributed by atoms with van der Waals surface area (Å²) in [5.41, 5.74) is 1.28. The highest BCUT2D eigenvalue weighted by Gasteiger charge is 2.22. The van der Waals surface area contributed by atoms with E-state index in [4.69, 9.17) is 0 Å². The molecule has 0 spiro atoms. The van der Waals surface area contributed by atoms with Crippen molar-refractivity contribution in [2.45, 2.75) is 23.6 Å². The van der Waals surface area contributed by atoms with Gasteiger partial charge in [0.2, 0.25) is 5.91 Å². The van der Waals surface area contributed by atoms with Gasteiger partial charge in [-0.05, 0) is 36.5 Å². The van der Waals surface area contributed by atoms with Crippen molar-refractivity contribution in [2.24, 2.45) is 5.92 Å². The molecule has 0 saturated carbocycles. The van der Waals surface area contributed by atoms with Crippen LogP contribution in [-0.4, -0.2) is 40.4 Å². The highest BCUT2D eigenvalue weighted by Crippen LogP contribution is 2.25. The molecule has 1 aliphatic heterocycles. The van der Waals surface area contributed by atoms with Crippen LogP contribution >= 0.6 is 23.5 Å². The molecule has 1 saturated heterocycles. The quantitative estimate of drug-likeness (QED) is 0.677. The lowest BCUT2D eigenvalue weighted by atomic mass is 9.99. The fraction of sp³-hybridized carbons (Fsp3) is 0.400.